The minimum absolute atomic E-state index is 0.275. The molecule has 0 aromatic carbocycles. The third-order valence-electron chi connectivity index (χ3n) is 6.94. The highest BCUT2D eigenvalue weighted by atomic mass is 16.7. The van der Waals surface area contributed by atoms with Crippen LogP contribution in [0.2, 0.25) is 0 Å². The van der Waals surface area contributed by atoms with Gasteiger partial charge in [-0.05, 0) is 38.0 Å². The summed E-state index contributed by atoms with van der Waals surface area (Å²) in [6.45, 7) is 16.3. The molecule has 4 heteroatoms. The lowest BCUT2D eigenvalue weighted by Gasteiger charge is -2.48. The molecule has 4 nitrogen and oxygen atoms in total. The summed E-state index contributed by atoms with van der Waals surface area (Å²) >= 11 is 0. The van der Waals surface area contributed by atoms with Crippen LogP contribution in [0.5, 0.6) is 0 Å². The molecule has 1 saturated carbocycles. The van der Waals surface area contributed by atoms with E-state index >= 15 is 0 Å². The predicted octanol–water partition coefficient (Wildman–Crippen LogP) is 4.08. The molecule has 146 valence electrons. The van der Waals surface area contributed by atoms with E-state index < -0.39 is 0 Å². The molecule has 1 aliphatic carbocycles. The first-order valence-electron chi connectivity index (χ1n) is 10.5. The van der Waals surface area contributed by atoms with Gasteiger partial charge in [-0.3, -0.25) is 4.90 Å². The lowest BCUT2D eigenvalue weighted by molar-refractivity contribution is -0.301. The summed E-state index contributed by atoms with van der Waals surface area (Å²) in [5.41, 5.74) is 0.447. The Hall–Kier alpha value is -0.160. The maximum absolute atomic E-state index is 6.33. The van der Waals surface area contributed by atoms with Crippen molar-refractivity contribution in [3.63, 3.8) is 0 Å². The van der Waals surface area contributed by atoms with Crippen LogP contribution < -0.4 is 0 Å². The van der Waals surface area contributed by atoms with Crippen LogP contribution >= 0.6 is 0 Å². The summed E-state index contributed by atoms with van der Waals surface area (Å²) in [5.74, 6) is 1.03. The molecule has 0 radical (unpaired) electrons. The van der Waals surface area contributed by atoms with Gasteiger partial charge in [0.25, 0.3) is 0 Å². The Kier molecular flexibility index (Phi) is 6.14. The van der Waals surface area contributed by atoms with E-state index in [1.54, 1.807) is 0 Å². The first kappa shape index (κ1) is 19.6. The number of hydrogen-bond donors (Lipinski definition) is 0. The van der Waals surface area contributed by atoms with Crippen molar-refractivity contribution in [2.45, 2.75) is 84.7 Å². The molecule has 25 heavy (non-hydrogen) atoms. The maximum Gasteiger partial charge on any atom is 0.168 e. The number of morpholine rings is 1. The van der Waals surface area contributed by atoms with Crippen molar-refractivity contribution in [3.05, 3.63) is 0 Å². The Balaban J connectivity index is 1.45. The highest BCUT2D eigenvalue weighted by Gasteiger charge is 2.44. The second-order valence-corrected chi connectivity index (χ2v) is 9.49. The summed E-state index contributed by atoms with van der Waals surface area (Å²) in [7, 11) is 0. The molecular formula is C21H39NO3. The highest BCUT2D eigenvalue weighted by Crippen LogP contribution is 2.46. The van der Waals surface area contributed by atoms with Crippen molar-refractivity contribution in [1.82, 2.24) is 4.90 Å². The van der Waals surface area contributed by atoms with Crippen LogP contribution in [0, 0.1) is 17.3 Å². The molecule has 0 aromatic rings. The Morgan fingerprint density at radius 1 is 1.00 bits per heavy atom. The quantitative estimate of drug-likeness (QED) is 0.762. The fourth-order valence-corrected chi connectivity index (χ4v) is 4.95. The van der Waals surface area contributed by atoms with Crippen molar-refractivity contribution in [3.8, 4) is 0 Å². The first-order chi connectivity index (χ1) is 11.8. The van der Waals surface area contributed by atoms with Crippen LogP contribution in [0.25, 0.3) is 0 Å². The van der Waals surface area contributed by atoms with Gasteiger partial charge in [0.05, 0.1) is 25.4 Å². The van der Waals surface area contributed by atoms with Gasteiger partial charge in [0.2, 0.25) is 0 Å². The van der Waals surface area contributed by atoms with Crippen molar-refractivity contribution in [2.24, 2.45) is 17.3 Å². The molecule has 3 rings (SSSR count). The highest BCUT2D eigenvalue weighted by molar-refractivity contribution is 4.89. The van der Waals surface area contributed by atoms with Crippen LogP contribution in [-0.2, 0) is 14.2 Å². The smallest absolute Gasteiger partial charge is 0.168 e. The first-order valence-corrected chi connectivity index (χ1v) is 10.5. The van der Waals surface area contributed by atoms with Gasteiger partial charge in [-0.2, -0.15) is 0 Å². The lowest BCUT2D eigenvalue weighted by Crippen LogP contribution is -2.52. The third kappa shape index (κ3) is 4.77. The molecule has 0 bridgehead atoms. The zero-order valence-electron chi connectivity index (χ0n) is 17.1. The van der Waals surface area contributed by atoms with Crippen LogP contribution in [-0.4, -0.2) is 55.7 Å². The van der Waals surface area contributed by atoms with E-state index in [1.165, 1.54) is 19.3 Å². The third-order valence-corrected chi connectivity index (χ3v) is 6.94. The van der Waals surface area contributed by atoms with Crippen LogP contribution in [0.1, 0.15) is 66.7 Å². The molecule has 3 aliphatic rings. The van der Waals surface area contributed by atoms with E-state index in [9.17, 15) is 0 Å². The van der Waals surface area contributed by atoms with E-state index in [-0.39, 0.29) is 5.79 Å². The molecule has 3 fully saturated rings. The van der Waals surface area contributed by atoms with Crippen molar-refractivity contribution < 1.29 is 14.2 Å². The van der Waals surface area contributed by atoms with Gasteiger partial charge < -0.3 is 14.2 Å². The fraction of sp³-hybridized carbons (Fsp3) is 1.00. The van der Waals surface area contributed by atoms with E-state index in [0.29, 0.717) is 23.5 Å². The Morgan fingerprint density at radius 2 is 1.56 bits per heavy atom. The monoisotopic (exact) mass is 353 g/mol. The molecule has 2 heterocycles. The summed E-state index contributed by atoms with van der Waals surface area (Å²) in [6.07, 6.45) is 6.54. The minimum atomic E-state index is -0.275. The minimum Gasteiger partial charge on any atom is -0.373 e. The average molecular weight is 354 g/mol. The predicted molar refractivity (Wildman–Crippen MR) is 101 cm³/mol. The molecule has 2 unspecified atom stereocenters. The standard InChI is InChI=1S/C21H39NO3/c1-6-20(4,5)19-7-9-21(10-8-19)23-14-18(15-24-21)13-22-11-16(2)25-17(3)12-22/h16-19H,6-15H2,1-5H3. The van der Waals surface area contributed by atoms with E-state index in [0.717, 1.165) is 51.6 Å². The SMILES string of the molecule is CCC(C)(C)C1CCC2(CC1)OCC(CN1CC(C)OC(C)C1)CO2. The molecule has 2 aliphatic heterocycles. The number of ether oxygens (including phenoxy) is 3. The second kappa shape index (κ2) is 7.84. The van der Waals surface area contributed by atoms with Crippen molar-refractivity contribution >= 4 is 0 Å². The largest absolute Gasteiger partial charge is 0.373 e. The second-order valence-electron chi connectivity index (χ2n) is 9.49. The van der Waals surface area contributed by atoms with E-state index in [1.807, 2.05) is 0 Å². The normalized spacial score (nSPS) is 41.2. The average Bonchev–Trinajstić information content (AvgIpc) is 2.57. The Labute approximate surface area is 154 Å². The van der Waals surface area contributed by atoms with Gasteiger partial charge in [0.1, 0.15) is 0 Å². The zero-order valence-corrected chi connectivity index (χ0v) is 17.1. The van der Waals surface area contributed by atoms with Gasteiger partial charge in [0, 0.05) is 38.4 Å². The van der Waals surface area contributed by atoms with Gasteiger partial charge in [0.15, 0.2) is 5.79 Å². The van der Waals surface area contributed by atoms with Crippen molar-refractivity contribution in [1.29, 1.82) is 0 Å². The molecule has 2 saturated heterocycles. The topological polar surface area (TPSA) is 30.9 Å². The Bertz CT molecular complexity index is 411. The molecular weight excluding hydrogens is 314 g/mol. The van der Waals surface area contributed by atoms with Crippen LogP contribution in [0.15, 0.2) is 0 Å². The fourth-order valence-electron chi connectivity index (χ4n) is 4.95. The Morgan fingerprint density at radius 3 is 2.08 bits per heavy atom. The van der Waals surface area contributed by atoms with Crippen molar-refractivity contribution in [2.75, 3.05) is 32.8 Å². The summed E-state index contributed by atoms with van der Waals surface area (Å²) in [4.78, 5) is 2.52. The summed E-state index contributed by atoms with van der Waals surface area (Å²) in [5, 5.41) is 0. The van der Waals surface area contributed by atoms with Gasteiger partial charge >= 0.3 is 0 Å². The summed E-state index contributed by atoms with van der Waals surface area (Å²) < 4.78 is 18.5. The van der Waals surface area contributed by atoms with Crippen LogP contribution in [0.4, 0.5) is 0 Å². The van der Waals surface area contributed by atoms with Gasteiger partial charge in [-0.15, -0.1) is 0 Å². The lowest BCUT2D eigenvalue weighted by atomic mass is 9.68. The number of rotatable bonds is 4. The van der Waals surface area contributed by atoms with E-state index in [4.69, 9.17) is 14.2 Å². The summed E-state index contributed by atoms with van der Waals surface area (Å²) in [6, 6.07) is 0. The zero-order chi connectivity index (χ0) is 18.1. The van der Waals surface area contributed by atoms with Gasteiger partial charge in [-0.25, -0.2) is 0 Å². The van der Waals surface area contributed by atoms with E-state index in [2.05, 4.69) is 39.5 Å². The molecule has 0 aromatic heterocycles. The van der Waals surface area contributed by atoms with Crippen LogP contribution in [0.3, 0.4) is 0 Å². The number of nitrogens with zero attached hydrogens (tertiary/aromatic N) is 1. The molecule has 0 amide bonds. The molecule has 0 N–H and O–H groups in total. The number of hydrogen-bond acceptors (Lipinski definition) is 4. The molecule has 2 atom stereocenters. The maximum atomic E-state index is 6.33. The van der Waals surface area contributed by atoms with Gasteiger partial charge in [-0.1, -0.05) is 27.2 Å². The molecule has 1 spiro atoms.